The first-order chi connectivity index (χ1) is 9.65. The summed E-state index contributed by atoms with van der Waals surface area (Å²) in [6.07, 6.45) is 0.250. The van der Waals surface area contributed by atoms with E-state index in [9.17, 15) is 21.2 Å². The van der Waals surface area contributed by atoms with E-state index in [4.69, 9.17) is 5.73 Å². The highest BCUT2D eigenvalue weighted by molar-refractivity contribution is 7.92. The number of nitrogens with zero attached hydrogens (tertiary/aromatic N) is 1. The van der Waals surface area contributed by atoms with Crippen LogP contribution in [0.1, 0.15) is 13.3 Å². The Morgan fingerprint density at radius 3 is 2.52 bits per heavy atom. The van der Waals surface area contributed by atoms with Gasteiger partial charge in [-0.2, -0.15) is 4.31 Å². The molecule has 1 saturated heterocycles. The third kappa shape index (κ3) is 3.35. The number of benzene rings is 1. The summed E-state index contributed by atoms with van der Waals surface area (Å²) in [5.41, 5.74) is 5.48. The molecule has 2 N–H and O–H groups in total. The molecule has 0 spiro atoms. The number of rotatable bonds is 4. The average molecular weight is 336 g/mol. The van der Waals surface area contributed by atoms with Gasteiger partial charge in [-0.1, -0.05) is 6.92 Å². The molecule has 1 heterocycles. The normalized spacial score (nSPS) is 21.8. The number of hydrogen-bond acceptors (Lipinski definition) is 5. The fourth-order valence-corrected chi connectivity index (χ4v) is 6.05. The fourth-order valence-electron chi connectivity index (χ4n) is 2.50. The van der Waals surface area contributed by atoms with Crippen LogP contribution >= 0.6 is 0 Å². The zero-order valence-electron chi connectivity index (χ0n) is 11.5. The maximum atomic E-state index is 13.4. The molecule has 1 aliphatic heterocycles. The van der Waals surface area contributed by atoms with Gasteiger partial charge < -0.3 is 5.73 Å². The molecule has 1 fully saturated rings. The number of nitrogen functional groups attached to an aromatic ring is 1. The van der Waals surface area contributed by atoms with Crippen molar-refractivity contribution in [2.24, 2.45) is 0 Å². The van der Waals surface area contributed by atoms with Gasteiger partial charge in [0.1, 0.15) is 5.82 Å². The Bertz CT molecular complexity index is 726. The Morgan fingerprint density at radius 1 is 1.38 bits per heavy atom. The van der Waals surface area contributed by atoms with E-state index < -0.39 is 31.7 Å². The van der Waals surface area contributed by atoms with Crippen LogP contribution in [-0.2, 0) is 19.9 Å². The highest BCUT2D eigenvalue weighted by atomic mass is 32.2. The van der Waals surface area contributed by atoms with E-state index in [-0.39, 0.29) is 35.1 Å². The van der Waals surface area contributed by atoms with Crippen molar-refractivity contribution in [1.82, 2.24) is 4.31 Å². The summed E-state index contributed by atoms with van der Waals surface area (Å²) in [5.74, 6) is -0.983. The van der Waals surface area contributed by atoms with Gasteiger partial charge in [0.2, 0.25) is 10.0 Å². The molecule has 0 bridgehead atoms. The Kier molecular flexibility index (Phi) is 4.27. The quantitative estimate of drug-likeness (QED) is 0.812. The average Bonchev–Trinajstić information content (AvgIpc) is 2.68. The van der Waals surface area contributed by atoms with Crippen molar-refractivity contribution in [2.75, 3.05) is 23.8 Å². The van der Waals surface area contributed by atoms with Crippen LogP contribution in [-0.4, -0.2) is 45.2 Å². The maximum absolute atomic E-state index is 13.4. The minimum Gasteiger partial charge on any atom is -0.399 e. The van der Waals surface area contributed by atoms with Gasteiger partial charge in [0.05, 0.1) is 16.4 Å². The Morgan fingerprint density at radius 2 is 2.05 bits per heavy atom. The van der Waals surface area contributed by atoms with Gasteiger partial charge in [0.15, 0.2) is 9.84 Å². The highest BCUT2D eigenvalue weighted by Crippen LogP contribution is 2.26. The van der Waals surface area contributed by atoms with Crippen LogP contribution in [0, 0.1) is 5.82 Å². The lowest BCUT2D eigenvalue weighted by Gasteiger charge is -2.26. The van der Waals surface area contributed by atoms with E-state index in [1.54, 1.807) is 6.92 Å². The van der Waals surface area contributed by atoms with Crippen LogP contribution in [0.2, 0.25) is 0 Å². The van der Waals surface area contributed by atoms with Crippen molar-refractivity contribution < 1.29 is 21.2 Å². The molecular formula is C12H17FN2O4S2. The first-order valence-corrected chi connectivity index (χ1v) is 9.70. The largest absolute Gasteiger partial charge is 0.399 e. The molecular weight excluding hydrogens is 319 g/mol. The Hall–Kier alpha value is -1.19. The van der Waals surface area contributed by atoms with Gasteiger partial charge in [-0.3, -0.25) is 0 Å². The first-order valence-electron chi connectivity index (χ1n) is 6.44. The number of halogens is 1. The summed E-state index contributed by atoms with van der Waals surface area (Å²) in [5, 5.41) is 0. The van der Waals surface area contributed by atoms with Crippen LogP contribution in [0.25, 0.3) is 0 Å². The second-order valence-corrected chi connectivity index (χ2v) is 9.10. The molecule has 0 saturated carbocycles. The molecule has 21 heavy (non-hydrogen) atoms. The number of anilines is 1. The number of nitrogens with two attached hydrogens (primary N) is 1. The molecule has 1 aliphatic rings. The van der Waals surface area contributed by atoms with Crippen molar-refractivity contribution in [3.05, 3.63) is 24.0 Å². The molecule has 1 aromatic carbocycles. The molecule has 0 amide bonds. The number of hydrogen-bond donors (Lipinski definition) is 1. The van der Waals surface area contributed by atoms with Crippen molar-refractivity contribution in [1.29, 1.82) is 0 Å². The number of sulfone groups is 1. The van der Waals surface area contributed by atoms with E-state index in [0.717, 1.165) is 16.4 Å². The topological polar surface area (TPSA) is 97.5 Å². The highest BCUT2D eigenvalue weighted by Gasteiger charge is 2.38. The predicted molar refractivity (Wildman–Crippen MR) is 77.4 cm³/mol. The lowest BCUT2D eigenvalue weighted by atomic mass is 10.3. The monoisotopic (exact) mass is 336 g/mol. The molecule has 0 radical (unpaired) electrons. The minimum absolute atomic E-state index is 0.00340. The molecule has 1 aromatic rings. The molecule has 1 unspecified atom stereocenters. The Labute approximate surface area is 123 Å². The smallest absolute Gasteiger partial charge is 0.243 e. The summed E-state index contributed by atoms with van der Waals surface area (Å²) >= 11 is 0. The van der Waals surface area contributed by atoms with E-state index in [1.807, 2.05) is 0 Å². The van der Waals surface area contributed by atoms with Crippen LogP contribution < -0.4 is 5.73 Å². The Balaban J connectivity index is 2.41. The van der Waals surface area contributed by atoms with Gasteiger partial charge >= 0.3 is 0 Å². The summed E-state index contributed by atoms with van der Waals surface area (Å²) in [6.45, 7) is 1.73. The lowest BCUT2D eigenvalue weighted by molar-refractivity contribution is 0.354. The second-order valence-electron chi connectivity index (χ2n) is 4.99. The molecule has 9 heteroatoms. The third-order valence-electron chi connectivity index (χ3n) is 3.43. The van der Waals surface area contributed by atoms with Crippen LogP contribution in [0.4, 0.5) is 10.1 Å². The van der Waals surface area contributed by atoms with Gasteiger partial charge in [0, 0.05) is 18.3 Å². The molecule has 1 atom stereocenters. The van der Waals surface area contributed by atoms with Gasteiger partial charge in [-0.15, -0.1) is 0 Å². The predicted octanol–water partition coefficient (Wildman–Crippen LogP) is 0.606. The second kappa shape index (κ2) is 5.54. The van der Waals surface area contributed by atoms with Crippen molar-refractivity contribution in [2.45, 2.75) is 24.3 Å². The van der Waals surface area contributed by atoms with Gasteiger partial charge in [-0.05, 0) is 24.6 Å². The van der Waals surface area contributed by atoms with Crippen molar-refractivity contribution in [3.63, 3.8) is 0 Å². The summed E-state index contributed by atoms with van der Waals surface area (Å²) in [6, 6.07) is 2.46. The summed E-state index contributed by atoms with van der Waals surface area (Å²) in [4.78, 5) is -0.258. The molecule has 2 rings (SSSR count). The van der Waals surface area contributed by atoms with Crippen LogP contribution in [0.3, 0.4) is 0 Å². The molecule has 0 aliphatic carbocycles. The van der Waals surface area contributed by atoms with Crippen LogP contribution in [0.15, 0.2) is 23.1 Å². The maximum Gasteiger partial charge on any atom is 0.243 e. The first kappa shape index (κ1) is 16.2. The molecule has 6 nitrogen and oxygen atoms in total. The lowest BCUT2D eigenvalue weighted by Crippen LogP contribution is -2.40. The molecule has 118 valence electrons. The number of sulfonamides is 1. The third-order valence-corrected chi connectivity index (χ3v) is 7.18. The molecule has 0 aromatic heterocycles. The standard InChI is InChI=1S/C12H17FN2O4S2/c1-2-15(11-3-4-20(16,17)8-11)21(18,19)12-6-9(13)5-10(14)7-12/h5-7,11H,2-4,8,14H2,1H3. The minimum atomic E-state index is -3.98. The summed E-state index contributed by atoms with van der Waals surface area (Å²) < 4.78 is 62.7. The van der Waals surface area contributed by atoms with E-state index in [1.165, 1.54) is 6.07 Å². The van der Waals surface area contributed by atoms with Crippen LogP contribution in [0.5, 0.6) is 0 Å². The van der Waals surface area contributed by atoms with E-state index >= 15 is 0 Å². The zero-order chi connectivity index (χ0) is 15.8. The van der Waals surface area contributed by atoms with Crippen molar-refractivity contribution >= 4 is 25.5 Å². The van der Waals surface area contributed by atoms with E-state index in [0.29, 0.717) is 0 Å². The fraction of sp³-hybridized carbons (Fsp3) is 0.500. The van der Waals surface area contributed by atoms with E-state index in [2.05, 4.69) is 0 Å². The van der Waals surface area contributed by atoms with Gasteiger partial charge in [-0.25, -0.2) is 21.2 Å². The zero-order valence-corrected chi connectivity index (χ0v) is 13.1. The SMILES string of the molecule is CCN(C1CCS(=O)(=O)C1)S(=O)(=O)c1cc(N)cc(F)c1. The van der Waals surface area contributed by atoms with Crippen molar-refractivity contribution in [3.8, 4) is 0 Å². The van der Waals surface area contributed by atoms with Gasteiger partial charge in [0.25, 0.3) is 0 Å². The summed E-state index contributed by atoms with van der Waals surface area (Å²) in [7, 11) is -7.20.